The number of likely N-dealkylation sites (N-methyl/N-ethyl adjacent to an activating group) is 1. The lowest BCUT2D eigenvalue weighted by atomic mass is 10.3. The van der Waals surface area contributed by atoms with Crippen LogP contribution in [0.3, 0.4) is 0 Å². The quantitative estimate of drug-likeness (QED) is 0.892. The molecule has 2 aromatic heterocycles. The van der Waals surface area contributed by atoms with Gasteiger partial charge in [-0.05, 0) is 30.0 Å². The number of rotatable bonds is 5. The Bertz CT molecular complexity index is 511. The van der Waals surface area contributed by atoms with Gasteiger partial charge < -0.3 is 10.0 Å². The minimum atomic E-state index is -1.06. The first kappa shape index (κ1) is 12.5. The molecule has 0 unspecified atom stereocenters. The number of carbonyl (C=O) groups is 1. The van der Waals surface area contributed by atoms with Crippen molar-refractivity contribution in [1.82, 2.24) is 10.2 Å². The van der Waals surface area contributed by atoms with Crippen molar-refractivity contribution in [3.05, 3.63) is 40.2 Å². The van der Waals surface area contributed by atoms with Crippen LogP contribution in [0.5, 0.6) is 0 Å². The van der Waals surface area contributed by atoms with E-state index >= 15 is 0 Å². The average Bonchev–Trinajstić information content (AvgIpc) is 2.89. The summed E-state index contributed by atoms with van der Waals surface area (Å²) >= 11 is 1.73. The predicted octanol–water partition coefficient (Wildman–Crippen LogP) is 1.92. The molecule has 0 saturated carbocycles. The molecular weight excluding hydrogens is 250 g/mol. The number of carboxylic acids is 1. The Labute approximate surface area is 109 Å². The third-order valence-electron chi connectivity index (χ3n) is 2.53. The van der Waals surface area contributed by atoms with Crippen LogP contribution in [-0.2, 0) is 6.42 Å². The Morgan fingerprint density at radius 1 is 1.39 bits per heavy atom. The van der Waals surface area contributed by atoms with Crippen molar-refractivity contribution >= 4 is 23.1 Å². The van der Waals surface area contributed by atoms with E-state index in [1.54, 1.807) is 17.4 Å². The number of carboxylic acid groups (broad SMARTS) is 1. The van der Waals surface area contributed by atoms with Crippen LogP contribution in [-0.4, -0.2) is 34.9 Å². The molecule has 94 valence electrons. The minimum absolute atomic E-state index is 0.0367. The van der Waals surface area contributed by atoms with Gasteiger partial charge in [-0.2, -0.15) is 0 Å². The summed E-state index contributed by atoms with van der Waals surface area (Å²) in [5, 5.41) is 18.3. The van der Waals surface area contributed by atoms with Gasteiger partial charge in [0.25, 0.3) is 0 Å². The third kappa shape index (κ3) is 3.04. The zero-order valence-corrected chi connectivity index (χ0v) is 10.7. The van der Waals surface area contributed by atoms with Crippen molar-refractivity contribution < 1.29 is 9.90 Å². The van der Waals surface area contributed by atoms with Crippen molar-refractivity contribution in [2.45, 2.75) is 6.42 Å². The second-order valence-electron chi connectivity index (χ2n) is 3.83. The molecule has 2 aromatic rings. The Hall–Kier alpha value is -1.95. The van der Waals surface area contributed by atoms with E-state index in [1.165, 1.54) is 10.9 Å². The molecule has 5 nitrogen and oxygen atoms in total. The second-order valence-corrected chi connectivity index (χ2v) is 4.87. The highest BCUT2D eigenvalue weighted by Gasteiger charge is 2.08. The highest BCUT2D eigenvalue weighted by Crippen LogP contribution is 2.12. The molecule has 2 heterocycles. The molecule has 0 saturated heterocycles. The maximum Gasteiger partial charge on any atom is 0.356 e. The van der Waals surface area contributed by atoms with E-state index in [9.17, 15) is 4.79 Å². The zero-order valence-electron chi connectivity index (χ0n) is 9.91. The molecule has 1 N–H and O–H groups in total. The number of hydrogen-bond donors (Lipinski definition) is 1. The fourth-order valence-electron chi connectivity index (χ4n) is 1.49. The lowest BCUT2D eigenvalue weighted by Gasteiger charge is -2.16. The van der Waals surface area contributed by atoms with Crippen LogP contribution in [0.2, 0.25) is 0 Å². The van der Waals surface area contributed by atoms with E-state index in [0.29, 0.717) is 5.82 Å². The Morgan fingerprint density at radius 2 is 2.22 bits per heavy atom. The fraction of sp³-hybridized carbons (Fsp3) is 0.250. The van der Waals surface area contributed by atoms with Crippen LogP contribution in [0.4, 0.5) is 5.82 Å². The minimum Gasteiger partial charge on any atom is -0.476 e. The van der Waals surface area contributed by atoms with E-state index in [4.69, 9.17) is 5.11 Å². The molecular formula is C12H13N3O2S. The van der Waals surface area contributed by atoms with E-state index < -0.39 is 5.97 Å². The number of thiophene rings is 1. The highest BCUT2D eigenvalue weighted by molar-refractivity contribution is 7.09. The summed E-state index contributed by atoms with van der Waals surface area (Å²) in [6.45, 7) is 0.821. The van der Waals surface area contributed by atoms with Crippen molar-refractivity contribution in [3.63, 3.8) is 0 Å². The number of aromatic nitrogens is 2. The Morgan fingerprint density at radius 3 is 2.78 bits per heavy atom. The highest BCUT2D eigenvalue weighted by atomic mass is 32.1. The summed E-state index contributed by atoms with van der Waals surface area (Å²) in [6, 6.07) is 7.26. The monoisotopic (exact) mass is 263 g/mol. The molecule has 6 heteroatoms. The van der Waals surface area contributed by atoms with E-state index in [2.05, 4.69) is 21.6 Å². The summed E-state index contributed by atoms with van der Waals surface area (Å²) < 4.78 is 0. The van der Waals surface area contributed by atoms with Crippen LogP contribution in [0.25, 0.3) is 0 Å². The SMILES string of the molecule is CN(CCc1cccs1)c1ccc(C(=O)O)nn1. The molecule has 0 atom stereocenters. The van der Waals surface area contributed by atoms with Crippen LogP contribution in [0, 0.1) is 0 Å². The third-order valence-corrected chi connectivity index (χ3v) is 3.47. The summed E-state index contributed by atoms with van der Waals surface area (Å²) in [7, 11) is 1.91. The molecule has 0 aliphatic rings. The van der Waals surface area contributed by atoms with Gasteiger partial charge in [0.05, 0.1) is 0 Å². The summed E-state index contributed by atoms with van der Waals surface area (Å²) in [4.78, 5) is 13.9. The molecule has 0 aromatic carbocycles. The maximum absolute atomic E-state index is 10.6. The zero-order chi connectivity index (χ0) is 13.0. The van der Waals surface area contributed by atoms with Gasteiger partial charge in [-0.15, -0.1) is 21.5 Å². The lowest BCUT2D eigenvalue weighted by molar-refractivity contribution is 0.0689. The van der Waals surface area contributed by atoms with E-state index in [0.717, 1.165) is 13.0 Å². The standard InChI is InChI=1S/C12H13N3O2S/c1-15(7-6-9-3-2-8-18-9)11-5-4-10(12(16)17)13-14-11/h2-5,8H,6-7H2,1H3,(H,16,17). The van der Waals surface area contributed by atoms with Gasteiger partial charge in [0.2, 0.25) is 0 Å². The van der Waals surface area contributed by atoms with Crippen LogP contribution in [0.1, 0.15) is 15.4 Å². The topological polar surface area (TPSA) is 66.3 Å². The van der Waals surface area contributed by atoms with Crippen LogP contribution < -0.4 is 4.90 Å². The van der Waals surface area contributed by atoms with Crippen LogP contribution >= 0.6 is 11.3 Å². The van der Waals surface area contributed by atoms with Gasteiger partial charge in [-0.3, -0.25) is 0 Å². The van der Waals surface area contributed by atoms with Crippen LogP contribution in [0.15, 0.2) is 29.6 Å². The van der Waals surface area contributed by atoms with Gasteiger partial charge >= 0.3 is 5.97 Å². The number of nitrogens with zero attached hydrogens (tertiary/aromatic N) is 3. The number of aromatic carboxylic acids is 1. The fourth-order valence-corrected chi connectivity index (χ4v) is 2.19. The molecule has 0 aliphatic carbocycles. The van der Waals surface area contributed by atoms with Gasteiger partial charge in [0.1, 0.15) is 0 Å². The number of anilines is 1. The Balaban J connectivity index is 1.96. The first-order valence-electron chi connectivity index (χ1n) is 5.47. The summed E-state index contributed by atoms with van der Waals surface area (Å²) in [5.74, 6) is -0.383. The molecule has 0 radical (unpaired) electrons. The lowest BCUT2D eigenvalue weighted by Crippen LogP contribution is -2.21. The Kier molecular flexibility index (Phi) is 3.88. The average molecular weight is 263 g/mol. The maximum atomic E-state index is 10.6. The summed E-state index contributed by atoms with van der Waals surface area (Å²) in [6.07, 6.45) is 0.941. The molecule has 0 aliphatic heterocycles. The molecule has 0 spiro atoms. The van der Waals surface area contributed by atoms with Gasteiger partial charge in [-0.25, -0.2) is 4.79 Å². The second kappa shape index (κ2) is 5.59. The van der Waals surface area contributed by atoms with Crippen molar-refractivity contribution in [2.75, 3.05) is 18.5 Å². The smallest absolute Gasteiger partial charge is 0.356 e. The predicted molar refractivity (Wildman–Crippen MR) is 70.3 cm³/mol. The van der Waals surface area contributed by atoms with Crippen molar-refractivity contribution in [2.24, 2.45) is 0 Å². The van der Waals surface area contributed by atoms with Gasteiger partial charge in [0.15, 0.2) is 11.5 Å². The first-order valence-corrected chi connectivity index (χ1v) is 6.35. The number of hydrogen-bond acceptors (Lipinski definition) is 5. The van der Waals surface area contributed by atoms with Crippen molar-refractivity contribution in [3.8, 4) is 0 Å². The molecule has 0 amide bonds. The van der Waals surface area contributed by atoms with Gasteiger partial charge in [0, 0.05) is 18.5 Å². The molecule has 0 bridgehead atoms. The molecule has 0 fully saturated rings. The van der Waals surface area contributed by atoms with E-state index in [1.807, 2.05) is 18.0 Å². The normalized spacial score (nSPS) is 10.3. The summed E-state index contributed by atoms with van der Waals surface area (Å²) in [5.41, 5.74) is -0.0367. The first-order chi connectivity index (χ1) is 8.66. The van der Waals surface area contributed by atoms with Crippen molar-refractivity contribution in [1.29, 1.82) is 0 Å². The largest absolute Gasteiger partial charge is 0.476 e. The molecule has 18 heavy (non-hydrogen) atoms. The van der Waals surface area contributed by atoms with E-state index in [-0.39, 0.29) is 5.69 Å². The van der Waals surface area contributed by atoms with Gasteiger partial charge in [-0.1, -0.05) is 6.07 Å². The molecule has 2 rings (SSSR count).